The van der Waals surface area contributed by atoms with Crippen LogP contribution in [0.4, 0.5) is 0 Å². The summed E-state index contributed by atoms with van der Waals surface area (Å²) in [6.45, 7) is 5.91. The first-order chi connectivity index (χ1) is 10.3. The highest BCUT2D eigenvalue weighted by Crippen LogP contribution is 2.32. The van der Waals surface area contributed by atoms with Crippen LogP contribution in [0.2, 0.25) is 0 Å². The minimum atomic E-state index is 0.361. The van der Waals surface area contributed by atoms with Crippen molar-refractivity contribution in [1.82, 2.24) is 10.2 Å². The number of phenolic OH excluding ortho intramolecular Hbond substituents is 1. The Morgan fingerprint density at radius 2 is 2.05 bits per heavy atom. The van der Waals surface area contributed by atoms with E-state index < -0.39 is 0 Å². The number of aromatic hydroxyl groups is 1. The molecule has 3 heteroatoms. The molecule has 2 aliphatic rings. The molecule has 1 aromatic carbocycles. The lowest BCUT2D eigenvalue weighted by atomic mass is 9.88. The summed E-state index contributed by atoms with van der Waals surface area (Å²) in [5.41, 5.74) is 1.34. The van der Waals surface area contributed by atoms with E-state index in [1.807, 2.05) is 12.1 Å². The Morgan fingerprint density at radius 1 is 1.24 bits per heavy atom. The van der Waals surface area contributed by atoms with Crippen LogP contribution in [0, 0.1) is 5.92 Å². The van der Waals surface area contributed by atoms with Gasteiger partial charge in [-0.15, -0.1) is 0 Å². The van der Waals surface area contributed by atoms with Gasteiger partial charge < -0.3 is 10.4 Å². The van der Waals surface area contributed by atoms with E-state index in [-0.39, 0.29) is 0 Å². The fraction of sp³-hybridized carbons (Fsp3) is 0.667. The van der Waals surface area contributed by atoms with Crippen molar-refractivity contribution in [3.63, 3.8) is 0 Å². The van der Waals surface area contributed by atoms with Crippen LogP contribution in [0.25, 0.3) is 0 Å². The summed E-state index contributed by atoms with van der Waals surface area (Å²) in [6, 6.07) is 9.04. The highest BCUT2D eigenvalue weighted by molar-refractivity contribution is 5.28. The normalized spacial score (nSPS) is 28.6. The smallest absolute Gasteiger partial charge is 0.115 e. The highest BCUT2D eigenvalue weighted by atomic mass is 16.3. The minimum absolute atomic E-state index is 0.361. The third-order valence-corrected chi connectivity index (χ3v) is 5.26. The van der Waals surface area contributed by atoms with Crippen LogP contribution in [0.15, 0.2) is 24.3 Å². The van der Waals surface area contributed by atoms with E-state index in [1.54, 1.807) is 0 Å². The molecule has 0 amide bonds. The van der Waals surface area contributed by atoms with Gasteiger partial charge in [-0.2, -0.15) is 0 Å². The second-order valence-corrected chi connectivity index (χ2v) is 6.62. The Labute approximate surface area is 128 Å². The summed E-state index contributed by atoms with van der Waals surface area (Å²) in [6.07, 6.45) is 6.53. The summed E-state index contributed by atoms with van der Waals surface area (Å²) in [5.74, 6) is 1.17. The van der Waals surface area contributed by atoms with Crippen LogP contribution in [-0.2, 0) is 0 Å². The number of nitrogens with zero attached hydrogens (tertiary/aromatic N) is 1. The second kappa shape index (κ2) is 6.80. The second-order valence-electron chi connectivity index (χ2n) is 6.62. The van der Waals surface area contributed by atoms with Crippen LogP contribution in [0.5, 0.6) is 5.75 Å². The summed E-state index contributed by atoms with van der Waals surface area (Å²) in [5, 5.41) is 13.2. The Hall–Kier alpha value is -1.06. The van der Waals surface area contributed by atoms with Crippen molar-refractivity contribution in [2.75, 3.05) is 19.6 Å². The molecule has 0 saturated carbocycles. The first-order valence-electron chi connectivity index (χ1n) is 8.54. The van der Waals surface area contributed by atoms with Gasteiger partial charge in [0.15, 0.2) is 0 Å². The number of likely N-dealkylation sites (tertiary alicyclic amines) is 1. The number of hydrogen-bond donors (Lipinski definition) is 2. The molecule has 2 aliphatic heterocycles. The lowest BCUT2D eigenvalue weighted by molar-refractivity contribution is 0.104. The third kappa shape index (κ3) is 3.41. The predicted octanol–water partition coefficient (Wildman–Crippen LogP) is 3.31. The van der Waals surface area contributed by atoms with Crippen molar-refractivity contribution in [2.45, 2.75) is 51.1 Å². The predicted molar refractivity (Wildman–Crippen MR) is 86.5 cm³/mol. The van der Waals surface area contributed by atoms with Gasteiger partial charge in [-0.05, 0) is 68.8 Å². The zero-order chi connectivity index (χ0) is 14.7. The summed E-state index contributed by atoms with van der Waals surface area (Å²) in [7, 11) is 0. The molecular weight excluding hydrogens is 260 g/mol. The lowest BCUT2D eigenvalue weighted by Gasteiger charge is -2.40. The Bertz CT molecular complexity index is 439. The monoisotopic (exact) mass is 288 g/mol. The molecule has 116 valence electrons. The van der Waals surface area contributed by atoms with Gasteiger partial charge in [0.2, 0.25) is 0 Å². The van der Waals surface area contributed by atoms with Crippen LogP contribution in [-0.4, -0.2) is 35.7 Å². The maximum atomic E-state index is 9.49. The van der Waals surface area contributed by atoms with Crippen LogP contribution < -0.4 is 5.32 Å². The summed E-state index contributed by atoms with van der Waals surface area (Å²) >= 11 is 0. The molecule has 21 heavy (non-hydrogen) atoms. The average Bonchev–Trinajstić information content (AvgIpc) is 3.05. The van der Waals surface area contributed by atoms with E-state index in [0.29, 0.717) is 11.8 Å². The maximum Gasteiger partial charge on any atom is 0.115 e. The number of piperidine rings is 1. The van der Waals surface area contributed by atoms with Gasteiger partial charge in [-0.1, -0.05) is 19.1 Å². The SMILES string of the molecule is CCC(c1ccc(O)cc1)N1CCCC(C2CCCN2)C1. The van der Waals surface area contributed by atoms with Gasteiger partial charge in [-0.25, -0.2) is 0 Å². The molecule has 1 aromatic rings. The van der Waals surface area contributed by atoms with E-state index >= 15 is 0 Å². The summed E-state index contributed by atoms with van der Waals surface area (Å²) < 4.78 is 0. The Balaban J connectivity index is 1.69. The fourth-order valence-electron chi connectivity index (χ4n) is 4.17. The van der Waals surface area contributed by atoms with Crippen LogP contribution in [0.1, 0.15) is 50.6 Å². The first kappa shape index (κ1) is 14.9. The number of hydrogen-bond acceptors (Lipinski definition) is 3. The van der Waals surface area contributed by atoms with E-state index in [4.69, 9.17) is 0 Å². The van der Waals surface area contributed by atoms with Gasteiger partial charge in [0.05, 0.1) is 0 Å². The molecule has 2 fully saturated rings. The summed E-state index contributed by atoms with van der Waals surface area (Å²) in [4.78, 5) is 2.67. The molecule has 3 atom stereocenters. The molecule has 3 rings (SSSR count). The molecular formula is C18H28N2O. The van der Waals surface area contributed by atoms with E-state index in [2.05, 4.69) is 29.3 Å². The van der Waals surface area contributed by atoms with Crippen molar-refractivity contribution in [2.24, 2.45) is 5.92 Å². The van der Waals surface area contributed by atoms with Gasteiger partial charge in [0.25, 0.3) is 0 Å². The largest absolute Gasteiger partial charge is 0.508 e. The fourth-order valence-corrected chi connectivity index (χ4v) is 4.17. The van der Waals surface area contributed by atoms with Crippen molar-refractivity contribution in [1.29, 1.82) is 0 Å². The zero-order valence-corrected chi connectivity index (χ0v) is 13.1. The van der Waals surface area contributed by atoms with Crippen molar-refractivity contribution in [3.05, 3.63) is 29.8 Å². The van der Waals surface area contributed by atoms with E-state index in [9.17, 15) is 5.11 Å². The number of rotatable bonds is 4. The zero-order valence-electron chi connectivity index (χ0n) is 13.1. The van der Waals surface area contributed by atoms with Gasteiger partial charge in [0, 0.05) is 18.6 Å². The molecule has 2 saturated heterocycles. The van der Waals surface area contributed by atoms with Crippen LogP contribution >= 0.6 is 0 Å². The quantitative estimate of drug-likeness (QED) is 0.892. The minimum Gasteiger partial charge on any atom is -0.508 e. The maximum absolute atomic E-state index is 9.49. The van der Waals surface area contributed by atoms with Crippen molar-refractivity contribution >= 4 is 0 Å². The highest BCUT2D eigenvalue weighted by Gasteiger charge is 2.31. The number of benzene rings is 1. The van der Waals surface area contributed by atoms with E-state index in [0.717, 1.165) is 18.4 Å². The molecule has 0 radical (unpaired) electrons. The molecule has 3 nitrogen and oxygen atoms in total. The Kier molecular flexibility index (Phi) is 4.81. The van der Waals surface area contributed by atoms with Crippen molar-refractivity contribution in [3.8, 4) is 5.75 Å². The average molecular weight is 288 g/mol. The van der Waals surface area contributed by atoms with Crippen molar-refractivity contribution < 1.29 is 5.11 Å². The molecule has 0 aromatic heterocycles. The Morgan fingerprint density at radius 3 is 2.71 bits per heavy atom. The molecule has 2 N–H and O–H groups in total. The molecule has 0 spiro atoms. The standard InChI is InChI=1S/C18H28N2O/c1-2-18(14-7-9-16(21)10-8-14)20-12-4-5-15(13-20)17-6-3-11-19-17/h7-10,15,17-19,21H,2-6,11-13H2,1H3. The number of phenols is 1. The van der Waals surface area contributed by atoms with Gasteiger partial charge in [-0.3, -0.25) is 4.90 Å². The molecule has 0 aliphatic carbocycles. The van der Waals surface area contributed by atoms with Gasteiger partial charge >= 0.3 is 0 Å². The van der Waals surface area contributed by atoms with Gasteiger partial charge in [0.1, 0.15) is 5.75 Å². The topological polar surface area (TPSA) is 35.5 Å². The molecule has 0 bridgehead atoms. The van der Waals surface area contributed by atoms with E-state index in [1.165, 1.54) is 50.9 Å². The molecule has 3 unspecified atom stereocenters. The van der Waals surface area contributed by atoms with Crippen LogP contribution in [0.3, 0.4) is 0 Å². The lowest BCUT2D eigenvalue weighted by Crippen LogP contribution is -2.44. The number of nitrogens with one attached hydrogen (secondary N) is 1. The molecule has 2 heterocycles. The third-order valence-electron chi connectivity index (χ3n) is 5.26. The first-order valence-corrected chi connectivity index (χ1v) is 8.54.